The topological polar surface area (TPSA) is 78.0 Å². The van der Waals surface area contributed by atoms with Gasteiger partial charge in [0.1, 0.15) is 11.9 Å². The molecule has 0 unspecified atom stereocenters. The molecule has 0 bridgehead atoms. The van der Waals surface area contributed by atoms with Crippen LogP contribution in [0.15, 0.2) is 47.7 Å². The lowest BCUT2D eigenvalue weighted by Gasteiger charge is -2.36. The Balaban J connectivity index is 1.49. The van der Waals surface area contributed by atoms with Crippen LogP contribution in [0, 0.1) is 11.3 Å². The van der Waals surface area contributed by atoms with E-state index in [9.17, 15) is 13.6 Å². The van der Waals surface area contributed by atoms with Gasteiger partial charge in [-0.1, -0.05) is 0 Å². The molecule has 1 fully saturated rings. The maximum Gasteiger partial charge on any atom is 0.261 e. The molecule has 4 rings (SSSR count). The summed E-state index contributed by atoms with van der Waals surface area (Å²) in [6.45, 7) is 2.39. The molecule has 0 radical (unpaired) electrons. The zero-order valence-corrected chi connectivity index (χ0v) is 15.5. The van der Waals surface area contributed by atoms with E-state index in [0.29, 0.717) is 16.5 Å². The van der Waals surface area contributed by atoms with Crippen molar-refractivity contribution in [2.75, 3.05) is 36.0 Å². The highest BCUT2D eigenvalue weighted by Crippen LogP contribution is 2.22. The molecule has 3 aromatic rings. The van der Waals surface area contributed by atoms with Crippen LogP contribution in [-0.4, -0.2) is 47.1 Å². The number of hydrogen-bond acceptors (Lipinski definition) is 6. The SMILES string of the molecule is N#Cc1ccc(N2CCN(c3ccc4c(=O)n(CC(F)F)cnc4c3)CC2)nc1. The van der Waals surface area contributed by atoms with Gasteiger partial charge in [-0.2, -0.15) is 5.26 Å². The van der Waals surface area contributed by atoms with Crippen molar-refractivity contribution in [3.05, 3.63) is 58.8 Å². The molecule has 1 aliphatic heterocycles. The Morgan fingerprint density at radius 1 is 1.07 bits per heavy atom. The van der Waals surface area contributed by atoms with Crippen molar-refractivity contribution < 1.29 is 8.78 Å². The van der Waals surface area contributed by atoms with Crippen molar-refractivity contribution >= 4 is 22.4 Å². The first-order valence-corrected chi connectivity index (χ1v) is 9.18. The van der Waals surface area contributed by atoms with Gasteiger partial charge in [0, 0.05) is 38.1 Å². The average Bonchev–Trinajstić information content (AvgIpc) is 2.75. The first kappa shape index (κ1) is 18.8. The summed E-state index contributed by atoms with van der Waals surface area (Å²) in [6.07, 6.45) is 0.139. The van der Waals surface area contributed by atoms with Crippen molar-refractivity contribution in [2.24, 2.45) is 0 Å². The molecule has 0 aliphatic carbocycles. The molecule has 1 saturated heterocycles. The fraction of sp³-hybridized carbons (Fsp3) is 0.300. The molecule has 1 aliphatic rings. The second-order valence-corrected chi connectivity index (χ2v) is 6.79. The number of piperazine rings is 1. The number of aromatic nitrogens is 3. The summed E-state index contributed by atoms with van der Waals surface area (Å²) in [5, 5.41) is 9.21. The van der Waals surface area contributed by atoms with Gasteiger partial charge in [0.25, 0.3) is 12.0 Å². The van der Waals surface area contributed by atoms with E-state index in [2.05, 4.69) is 25.8 Å². The fourth-order valence-corrected chi connectivity index (χ4v) is 3.46. The maximum atomic E-state index is 12.6. The zero-order valence-electron chi connectivity index (χ0n) is 15.5. The summed E-state index contributed by atoms with van der Waals surface area (Å²) in [7, 11) is 0. The van der Waals surface area contributed by atoms with Crippen LogP contribution in [-0.2, 0) is 6.54 Å². The minimum Gasteiger partial charge on any atom is -0.368 e. The molecule has 0 saturated carbocycles. The first-order valence-electron chi connectivity index (χ1n) is 9.18. The van der Waals surface area contributed by atoms with Gasteiger partial charge < -0.3 is 9.80 Å². The number of benzene rings is 1. The molecule has 2 aromatic heterocycles. The van der Waals surface area contributed by atoms with Crippen LogP contribution in [0.3, 0.4) is 0 Å². The quantitative estimate of drug-likeness (QED) is 0.673. The second kappa shape index (κ2) is 7.83. The Labute approximate surface area is 165 Å². The number of rotatable bonds is 4. The number of halogens is 2. The van der Waals surface area contributed by atoms with E-state index in [-0.39, 0.29) is 0 Å². The molecule has 3 heterocycles. The lowest BCUT2D eigenvalue weighted by atomic mass is 10.2. The highest BCUT2D eigenvalue weighted by molar-refractivity contribution is 5.81. The molecule has 1 aromatic carbocycles. The van der Waals surface area contributed by atoms with Crippen LogP contribution >= 0.6 is 0 Å². The van der Waals surface area contributed by atoms with Gasteiger partial charge in [-0.05, 0) is 30.3 Å². The summed E-state index contributed by atoms with van der Waals surface area (Å²) in [4.78, 5) is 25.2. The van der Waals surface area contributed by atoms with Gasteiger partial charge >= 0.3 is 0 Å². The minimum absolute atomic E-state index is 0.331. The van der Waals surface area contributed by atoms with Gasteiger partial charge in [0.05, 0.1) is 29.3 Å². The van der Waals surface area contributed by atoms with Crippen molar-refractivity contribution in [3.8, 4) is 6.07 Å². The molecule has 148 valence electrons. The molecule has 0 amide bonds. The van der Waals surface area contributed by atoms with Crippen LogP contribution in [0.2, 0.25) is 0 Å². The van der Waals surface area contributed by atoms with E-state index in [1.807, 2.05) is 18.2 Å². The summed E-state index contributed by atoms with van der Waals surface area (Å²) < 4.78 is 26.1. The molecule has 0 N–H and O–H groups in total. The van der Waals surface area contributed by atoms with Gasteiger partial charge in [-0.25, -0.2) is 18.7 Å². The van der Waals surface area contributed by atoms with E-state index in [1.165, 1.54) is 6.33 Å². The van der Waals surface area contributed by atoms with Gasteiger partial charge in [0.15, 0.2) is 0 Å². The van der Waals surface area contributed by atoms with Crippen molar-refractivity contribution in [1.82, 2.24) is 14.5 Å². The van der Waals surface area contributed by atoms with E-state index >= 15 is 0 Å². The highest BCUT2D eigenvalue weighted by Gasteiger charge is 2.19. The largest absolute Gasteiger partial charge is 0.368 e. The monoisotopic (exact) mass is 396 g/mol. The van der Waals surface area contributed by atoms with Gasteiger partial charge in [-0.15, -0.1) is 0 Å². The summed E-state index contributed by atoms with van der Waals surface area (Å²) >= 11 is 0. The number of nitrogens with zero attached hydrogens (tertiary/aromatic N) is 6. The van der Waals surface area contributed by atoms with Crippen molar-refractivity contribution in [1.29, 1.82) is 5.26 Å². The molecule has 29 heavy (non-hydrogen) atoms. The van der Waals surface area contributed by atoms with Crippen LogP contribution < -0.4 is 15.4 Å². The molecular formula is C20H18F2N6O. The van der Waals surface area contributed by atoms with Crippen LogP contribution in [0.25, 0.3) is 10.9 Å². The molecular weight excluding hydrogens is 378 g/mol. The number of fused-ring (bicyclic) bond motifs is 1. The van der Waals surface area contributed by atoms with Crippen LogP contribution in [0.4, 0.5) is 20.3 Å². The third kappa shape index (κ3) is 3.87. The third-order valence-corrected chi connectivity index (χ3v) is 4.99. The predicted molar refractivity (Wildman–Crippen MR) is 105 cm³/mol. The lowest BCUT2D eigenvalue weighted by Crippen LogP contribution is -2.46. The number of alkyl halides is 2. The number of hydrogen-bond donors (Lipinski definition) is 0. The summed E-state index contributed by atoms with van der Waals surface area (Å²) in [6, 6.07) is 11.0. The van der Waals surface area contributed by atoms with E-state index in [0.717, 1.165) is 42.3 Å². The zero-order chi connectivity index (χ0) is 20.4. The van der Waals surface area contributed by atoms with Crippen molar-refractivity contribution in [2.45, 2.75) is 13.0 Å². The highest BCUT2D eigenvalue weighted by atomic mass is 19.3. The Morgan fingerprint density at radius 2 is 1.83 bits per heavy atom. The van der Waals surface area contributed by atoms with Gasteiger partial charge in [0.2, 0.25) is 0 Å². The molecule has 0 atom stereocenters. The van der Waals surface area contributed by atoms with E-state index < -0.39 is 18.5 Å². The number of anilines is 2. The van der Waals surface area contributed by atoms with Crippen molar-refractivity contribution in [3.63, 3.8) is 0 Å². The molecule has 7 nitrogen and oxygen atoms in total. The molecule has 9 heteroatoms. The Bertz CT molecular complexity index is 1110. The standard InChI is InChI=1S/C20H18F2N6O/c21-18(22)12-28-13-25-17-9-15(2-3-16(17)20(28)29)26-5-7-27(8-6-26)19-4-1-14(10-23)11-24-19/h1-4,9,11,13,18H,5-8,12H2. The third-order valence-electron chi connectivity index (χ3n) is 4.99. The Kier molecular flexibility index (Phi) is 5.08. The summed E-state index contributed by atoms with van der Waals surface area (Å²) in [5.41, 5.74) is 1.50. The second-order valence-electron chi connectivity index (χ2n) is 6.79. The van der Waals surface area contributed by atoms with Gasteiger partial charge in [-0.3, -0.25) is 9.36 Å². The maximum absolute atomic E-state index is 12.6. The molecule has 0 spiro atoms. The normalized spacial score (nSPS) is 14.4. The summed E-state index contributed by atoms with van der Waals surface area (Å²) in [5.74, 6) is 0.836. The average molecular weight is 396 g/mol. The number of pyridine rings is 1. The Hall–Kier alpha value is -3.54. The smallest absolute Gasteiger partial charge is 0.261 e. The minimum atomic E-state index is -2.60. The predicted octanol–water partition coefficient (Wildman–Crippen LogP) is 2.25. The van der Waals surface area contributed by atoms with Crippen LogP contribution in [0.1, 0.15) is 5.56 Å². The lowest BCUT2D eigenvalue weighted by molar-refractivity contribution is 0.125. The van der Waals surface area contributed by atoms with E-state index in [4.69, 9.17) is 5.26 Å². The van der Waals surface area contributed by atoms with E-state index in [1.54, 1.807) is 18.3 Å². The first-order chi connectivity index (χ1) is 14.0. The number of nitriles is 1. The fourth-order valence-electron chi connectivity index (χ4n) is 3.46. The Morgan fingerprint density at radius 3 is 2.48 bits per heavy atom. The van der Waals surface area contributed by atoms with Crippen LogP contribution in [0.5, 0.6) is 0 Å².